The van der Waals surface area contributed by atoms with Gasteiger partial charge in [-0.05, 0) is 61.7 Å². The van der Waals surface area contributed by atoms with Gasteiger partial charge >= 0.3 is 0 Å². The molecule has 3 rings (SSSR count). The number of nitrogens with one attached hydrogen (secondary N) is 1. The summed E-state index contributed by atoms with van der Waals surface area (Å²) in [6.07, 6.45) is 1.81. The van der Waals surface area contributed by atoms with Crippen LogP contribution in [0.2, 0.25) is 10.0 Å². The Balaban J connectivity index is 1.32. The van der Waals surface area contributed by atoms with Gasteiger partial charge in [-0.3, -0.25) is 9.69 Å². The molecule has 29 heavy (non-hydrogen) atoms. The van der Waals surface area contributed by atoms with Gasteiger partial charge in [0.1, 0.15) is 0 Å². The maximum absolute atomic E-state index is 12.5. The normalized spacial score (nSPS) is 15.4. The topological polar surface area (TPSA) is 32.3 Å². The number of hydrogen-bond acceptors (Lipinski definition) is 3. The number of nitrogens with zero attached hydrogens (tertiary/aromatic N) is 1. The third kappa shape index (κ3) is 6.92. The molecule has 0 aliphatic carbocycles. The first kappa shape index (κ1) is 22.5. The highest BCUT2D eigenvalue weighted by Gasteiger charge is 2.24. The molecule has 1 amide bonds. The van der Waals surface area contributed by atoms with Crippen LogP contribution in [0.3, 0.4) is 0 Å². The van der Waals surface area contributed by atoms with E-state index in [0.29, 0.717) is 10.0 Å². The molecule has 2 aromatic rings. The van der Waals surface area contributed by atoms with Crippen LogP contribution in [0.1, 0.15) is 29.5 Å². The zero-order valence-corrected chi connectivity index (χ0v) is 19.1. The number of thioether (sulfide) groups is 1. The molecule has 0 aromatic heterocycles. The van der Waals surface area contributed by atoms with Crippen LogP contribution in [-0.2, 0) is 17.1 Å². The third-order valence-corrected chi connectivity index (χ3v) is 7.16. The van der Waals surface area contributed by atoms with Crippen molar-refractivity contribution >= 4 is 40.9 Å². The van der Waals surface area contributed by atoms with E-state index in [1.807, 2.05) is 30.0 Å². The molecule has 1 aliphatic heterocycles. The fourth-order valence-electron chi connectivity index (χ4n) is 3.59. The average Bonchev–Trinajstić information content (AvgIpc) is 2.72. The first-order valence-corrected chi connectivity index (χ1v) is 12.0. The number of aryl methyl sites for hydroxylation is 1. The minimum absolute atomic E-state index is 0.126. The van der Waals surface area contributed by atoms with E-state index < -0.39 is 0 Å². The van der Waals surface area contributed by atoms with E-state index in [1.54, 1.807) is 0 Å². The molecule has 0 atom stereocenters. The van der Waals surface area contributed by atoms with Gasteiger partial charge in [-0.15, -0.1) is 0 Å². The molecular weight excluding hydrogens is 423 g/mol. The number of halogens is 2. The maximum Gasteiger partial charge on any atom is 0.223 e. The Morgan fingerprint density at radius 1 is 1.14 bits per heavy atom. The van der Waals surface area contributed by atoms with Gasteiger partial charge in [-0.25, -0.2) is 0 Å². The zero-order chi connectivity index (χ0) is 20.6. The van der Waals surface area contributed by atoms with Crippen LogP contribution in [0.15, 0.2) is 42.5 Å². The van der Waals surface area contributed by atoms with Crippen LogP contribution < -0.4 is 5.32 Å². The fraction of sp³-hybridized carbons (Fsp3) is 0.435. The molecule has 0 saturated carbocycles. The first-order valence-electron chi connectivity index (χ1n) is 10.1. The Kier molecular flexibility index (Phi) is 8.73. The summed E-state index contributed by atoms with van der Waals surface area (Å²) in [7, 11) is 0. The molecule has 3 nitrogen and oxygen atoms in total. The molecule has 1 N–H and O–H groups in total. The second kappa shape index (κ2) is 11.3. The van der Waals surface area contributed by atoms with Gasteiger partial charge in [0, 0.05) is 30.5 Å². The summed E-state index contributed by atoms with van der Waals surface area (Å²) in [6, 6.07) is 14.3. The highest BCUT2D eigenvalue weighted by atomic mass is 35.5. The van der Waals surface area contributed by atoms with Crippen LogP contribution in [-0.4, -0.2) is 36.2 Å². The number of amides is 1. The summed E-state index contributed by atoms with van der Waals surface area (Å²) in [5.74, 6) is 2.27. The Morgan fingerprint density at radius 3 is 2.62 bits per heavy atom. The van der Waals surface area contributed by atoms with Crippen LogP contribution in [0.25, 0.3) is 0 Å². The number of carbonyl (C=O) groups is 1. The van der Waals surface area contributed by atoms with Crippen LogP contribution in [0, 0.1) is 12.8 Å². The standard InChI is InChI=1S/C23H28Cl2N2OS/c1-17-4-2-3-5-20(17)16-29-13-10-26-23(28)19-8-11-27(12-9-19)15-18-6-7-21(24)22(25)14-18/h2-7,14,19H,8-13,15-16H2,1H3,(H,26,28). The van der Waals surface area contributed by atoms with Crippen molar-refractivity contribution in [3.05, 3.63) is 69.2 Å². The summed E-state index contributed by atoms with van der Waals surface area (Å²) >= 11 is 14.0. The van der Waals surface area contributed by atoms with Gasteiger partial charge in [-0.1, -0.05) is 53.5 Å². The third-order valence-electron chi connectivity index (χ3n) is 5.41. The Bertz CT molecular complexity index is 822. The molecule has 1 heterocycles. The quantitative estimate of drug-likeness (QED) is 0.533. The summed E-state index contributed by atoms with van der Waals surface area (Å²) in [5.41, 5.74) is 3.86. The molecule has 6 heteroatoms. The lowest BCUT2D eigenvalue weighted by atomic mass is 9.95. The molecule has 1 fully saturated rings. The van der Waals surface area contributed by atoms with E-state index in [-0.39, 0.29) is 11.8 Å². The summed E-state index contributed by atoms with van der Waals surface area (Å²) in [6.45, 7) is 5.59. The molecule has 1 saturated heterocycles. The van der Waals surface area contributed by atoms with Crippen molar-refractivity contribution in [2.24, 2.45) is 5.92 Å². The SMILES string of the molecule is Cc1ccccc1CSCCNC(=O)C1CCN(Cc2ccc(Cl)c(Cl)c2)CC1. The van der Waals surface area contributed by atoms with Crippen molar-refractivity contribution in [2.45, 2.75) is 32.1 Å². The minimum Gasteiger partial charge on any atom is -0.355 e. The molecule has 0 radical (unpaired) electrons. The monoisotopic (exact) mass is 450 g/mol. The fourth-order valence-corrected chi connectivity index (χ4v) is 4.85. The van der Waals surface area contributed by atoms with Gasteiger partial charge in [0.25, 0.3) is 0 Å². The van der Waals surface area contributed by atoms with E-state index in [1.165, 1.54) is 11.1 Å². The van der Waals surface area contributed by atoms with E-state index in [4.69, 9.17) is 23.2 Å². The van der Waals surface area contributed by atoms with Crippen molar-refractivity contribution < 1.29 is 4.79 Å². The predicted molar refractivity (Wildman–Crippen MR) is 125 cm³/mol. The highest BCUT2D eigenvalue weighted by molar-refractivity contribution is 7.98. The molecular formula is C23H28Cl2N2OS. The Morgan fingerprint density at radius 2 is 1.90 bits per heavy atom. The largest absolute Gasteiger partial charge is 0.355 e. The van der Waals surface area contributed by atoms with E-state index >= 15 is 0 Å². The Labute approximate surface area is 188 Å². The number of piperidine rings is 1. The van der Waals surface area contributed by atoms with Crippen LogP contribution in [0.5, 0.6) is 0 Å². The van der Waals surface area contributed by atoms with Crippen molar-refractivity contribution in [3.8, 4) is 0 Å². The van der Waals surface area contributed by atoms with Crippen molar-refractivity contribution in [1.29, 1.82) is 0 Å². The van der Waals surface area contributed by atoms with E-state index in [9.17, 15) is 4.79 Å². The van der Waals surface area contributed by atoms with E-state index in [0.717, 1.165) is 56.1 Å². The smallest absolute Gasteiger partial charge is 0.223 e. The number of carbonyl (C=O) groups excluding carboxylic acids is 1. The molecule has 1 aliphatic rings. The number of likely N-dealkylation sites (tertiary alicyclic amines) is 1. The van der Waals surface area contributed by atoms with Crippen molar-refractivity contribution in [1.82, 2.24) is 10.2 Å². The lowest BCUT2D eigenvalue weighted by molar-refractivity contribution is -0.126. The molecule has 0 bridgehead atoms. The minimum atomic E-state index is 0.126. The molecule has 0 unspecified atom stereocenters. The molecule has 156 valence electrons. The summed E-state index contributed by atoms with van der Waals surface area (Å²) < 4.78 is 0. The van der Waals surface area contributed by atoms with Crippen molar-refractivity contribution in [2.75, 3.05) is 25.4 Å². The summed E-state index contributed by atoms with van der Waals surface area (Å²) in [5, 5.41) is 4.30. The average molecular weight is 451 g/mol. The maximum atomic E-state index is 12.5. The van der Waals surface area contributed by atoms with Gasteiger partial charge < -0.3 is 5.32 Å². The Hall–Kier alpha value is -1.20. The second-order valence-electron chi connectivity index (χ2n) is 7.57. The first-order chi connectivity index (χ1) is 14.0. The van der Waals surface area contributed by atoms with E-state index in [2.05, 4.69) is 41.4 Å². The zero-order valence-electron chi connectivity index (χ0n) is 16.8. The number of rotatable bonds is 8. The second-order valence-corrected chi connectivity index (χ2v) is 9.49. The lowest BCUT2D eigenvalue weighted by Gasteiger charge is -2.31. The van der Waals surface area contributed by atoms with Crippen LogP contribution >= 0.6 is 35.0 Å². The van der Waals surface area contributed by atoms with Gasteiger partial charge in [0.2, 0.25) is 5.91 Å². The molecule has 2 aromatic carbocycles. The van der Waals surface area contributed by atoms with Gasteiger partial charge in [0.05, 0.1) is 10.0 Å². The molecule has 0 spiro atoms. The van der Waals surface area contributed by atoms with Crippen LogP contribution in [0.4, 0.5) is 0 Å². The van der Waals surface area contributed by atoms with Gasteiger partial charge in [0.15, 0.2) is 0 Å². The predicted octanol–water partition coefficient (Wildman–Crippen LogP) is 5.56. The number of benzene rings is 2. The van der Waals surface area contributed by atoms with Crippen molar-refractivity contribution in [3.63, 3.8) is 0 Å². The highest BCUT2D eigenvalue weighted by Crippen LogP contribution is 2.25. The van der Waals surface area contributed by atoms with Gasteiger partial charge in [-0.2, -0.15) is 11.8 Å². The summed E-state index contributed by atoms with van der Waals surface area (Å²) in [4.78, 5) is 14.8. The number of hydrogen-bond donors (Lipinski definition) is 1. The lowest BCUT2D eigenvalue weighted by Crippen LogP contribution is -2.40.